The smallest absolute Gasteiger partial charge is 0.251 e. The summed E-state index contributed by atoms with van der Waals surface area (Å²) in [5, 5.41) is 2.81. The second-order valence-corrected chi connectivity index (χ2v) is 9.22. The molecule has 2 heterocycles. The minimum Gasteiger partial charge on any atom is -0.462 e. The average Bonchev–Trinajstić information content (AvgIpc) is 2.71. The Labute approximate surface area is 176 Å². The fourth-order valence-electron chi connectivity index (χ4n) is 3.32. The number of halogens is 1. The first kappa shape index (κ1) is 20.3. The van der Waals surface area contributed by atoms with Gasteiger partial charge in [0.1, 0.15) is 17.5 Å². The number of amides is 1. The summed E-state index contributed by atoms with van der Waals surface area (Å²) < 4.78 is 31.6. The van der Waals surface area contributed by atoms with E-state index in [2.05, 4.69) is 5.32 Å². The molecule has 0 saturated heterocycles. The van der Waals surface area contributed by atoms with Crippen LogP contribution in [0, 0.1) is 6.92 Å². The minimum atomic E-state index is -4.06. The molecule has 2 aromatic carbocycles. The van der Waals surface area contributed by atoms with Gasteiger partial charge in [0.25, 0.3) is 5.91 Å². The summed E-state index contributed by atoms with van der Waals surface area (Å²) in [6, 6.07) is 7.00. The van der Waals surface area contributed by atoms with Crippen molar-refractivity contribution in [1.82, 2.24) is 4.31 Å². The van der Waals surface area contributed by atoms with E-state index in [0.717, 1.165) is 13.3 Å². The third-order valence-electron chi connectivity index (χ3n) is 4.98. The Morgan fingerprint density at radius 3 is 2.63 bits per heavy atom. The summed E-state index contributed by atoms with van der Waals surface area (Å²) in [5.41, 5.74) is 0.110. The van der Waals surface area contributed by atoms with Gasteiger partial charge in [-0.25, -0.2) is 8.42 Å². The molecule has 1 aliphatic rings. The zero-order chi connectivity index (χ0) is 21.8. The lowest BCUT2D eigenvalue weighted by atomic mass is 10.0. The van der Waals surface area contributed by atoms with Gasteiger partial charge in [-0.05, 0) is 36.8 Å². The normalized spacial score (nSPS) is 18.2. The van der Waals surface area contributed by atoms with Gasteiger partial charge in [0.15, 0.2) is 11.8 Å². The number of aryl methyl sites for hydroxylation is 1. The maximum absolute atomic E-state index is 12.9. The van der Waals surface area contributed by atoms with Crippen molar-refractivity contribution in [3.05, 3.63) is 69.0 Å². The van der Waals surface area contributed by atoms with Crippen molar-refractivity contribution in [2.45, 2.75) is 17.9 Å². The van der Waals surface area contributed by atoms with E-state index in [4.69, 9.17) is 16.0 Å². The SMILES string of the molecule is Cc1cc2occ(NC(=O)C3C(=O)c4ccccc4S(=O)(=O)N3C)c(=O)c2cc1Cl. The number of anilines is 1. The van der Waals surface area contributed by atoms with Crippen LogP contribution in [0.2, 0.25) is 5.02 Å². The number of rotatable bonds is 2. The summed E-state index contributed by atoms with van der Waals surface area (Å²) in [5.74, 6) is -1.66. The van der Waals surface area contributed by atoms with Crippen LogP contribution >= 0.6 is 11.6 Å². The highest BCUT2D eigenvalue weighted by molar-refractivity contribution is 7.89. The van der Waals surface area contributed by atoms with E-state index in [9.17, 15) is 22.8 Å². The van der Waals surface area contributed by atoms with E-state index in [1.165, 1.54) is 30.3 Å². The molecule has 1 N–H and O–H groups in total. The Hall–Kier alpha value is -3.01. The first-order chi connectivity index (χ1) is 14.1. The van der Waals surface area contributed by atoms with Crippen molar-refractivity contribution in [2.75, 3.05) is 12.4 Å². The van der Waals surface area contributed by atoms with Crippen molar-refractivity contribution in [1.29, 1.82) is 0 Å². The zero-order valence-electron chi connectivity index (χ0n) is 15.8. The second kappa shape index (κ2) is 7.05. The minimum absolute atomic E-state index is 0.0800. The van der Waals surface area contributed by atoms with Gasteiger partial charge in [-0.3, -0.25) is 14.4 Å². The number of Topliss-reactive ketones (excluding diaryl/α,β-unsaturated/α-hetero) is 1. The van der Waals surface area contributed by atoms with E-state index in [0.29, 0.717) is 14.9 Å². The number of carbonyl (C=O) groups excluding carboxylic acids is 2. The van der Waals surface area contributed by atoms with Crippen LogP contribution in [0.25, 0.3) is 11.0 Å². The summed E-state index contributed by atoms with van der Waals surface area (Å²) in [4.78, 5) is 38.3. The summed E-state index contributed by atoms with van der Waals surface area (Å²) in [6.07, 6.45) is 1.05. The molecule has 1 aromatic heterocycles. The van der Waals surface area contributed by atoms with Crippen molar-refractivity contribution < 1.29 is 22.4 Å². The monoisotopic (exact) mass is 446 g/mol. The Morgan fingerprint density at radius 1 is 1.20 bits per heavy atom. The number of ketones is 1. The number of likely N-dealkylation sites (N-methyl/N-ethyl adjacent to an activating group) is 1. The summed E-state index contributed by atoms with van der Waals surface area (Å²) >= 11 is 6.07. The maximum atomic E-state index is 12.9. The van der Waals surface area contributed by atoms with E-state index in [1.54, 1.807) is 13.0 Å². The third-order valence-corrected chi connectivity index (χ3v) is 7.27. The van der Waals surface area contributed by atoms with E-state index in [-0.39, 0.29) is 27.1 Å². The number of nitrogens with zero attached hydrogens (tertiary/aromatic N) is 1. The van der Waals surface area contributed by atoms with Crippen LogP contribution in [0.5, 0.6) is 0 Å². The molecular weight excluding hydrogens is 432 g/mol. The third kappa shape index (κ3) is 3.02. The van der Waals surface area contributed by atoms with Gasteiger partial charge in [0, 0.05) is 17.6 Å². The van der Waals surface area contributed by atoms with Gasteiger partial charge in [0.2, 0.25) is 15.5 Å². The van der Waals surface area contributed by atoms with Crippen LogP contribution in [0.1, 0.15) is 15.9 Å². The molecule has 0 fully saturated rings. The van der Waals surface area contributed by atoms with Gasteiger partial charge in [-0.2, -0.15) is 4.31 Å². The number of nitrogens with one attached hydrogen (secondary N) is 1. The second-order valence-electron chi connectivity index (χ2n) is 6.85. The molecule has 10 heteroatoms. The predicted octanol–water partition coefficient (Wildman–Crippen LogP) is 2.58. The number of carbonyl (C=O) groups is 2. The van der Waals surface area contributed by atoms with Crippen molar-refractivity contribution in [3.8, 4) is 0 Å². The van der Waals surface area contributed by atoms with Gasteiger partial charge in [-0.15, -0.1) is 0 Å². The highest BCUT2D eigenvalue weighted by Crippen LogP contribution is 2.29. The zero-order valence-corrected chi connectivity index (χ0v) is 17.4. The molecule has 1 aliphatic heterocycles. The predicted molar refractivity (Wildman–Crippen MR) is 110 cm³/mol. The number of fused-ring (bicyclic) bond motifs is 2. The fraction of sp³-hybridized carbons (Fsp3) is 0.150. The largest absolute Gasteiger partial charge is 0.462 e. The van der Waals surface area contributed by atoms with Gasteiger partial charge < -0.3 is 9.73 Å². The number of hydrogen-bond donors (Lipinski definition) is 1. The maximum Gasteiger partial charge on any atom is 0.251 e. The summed E-state index contributed by atoms with van der Waals surface area (Å²) in [6.45, 7) is 1.75. The lowest BCUT2D eigenvalue weighted by Crippen LogP contribution is -2.53. The Kier molecular flexibility index (Phi) is 4.76. The fourth-order valence-corrected chi connectivity index (χ4v) is 4.96. The first-order valence-electron chi connectivity index (χ1n) is 8.76. The van der Waals surface area contributed by atoms with Crippen LogP contribution in [0.3, 0.4) is 0 Å². The number of sulfonamides is 1. The molecule has 154 valence electrons. The molecule has 4 rings (SSSR count). The van der Waals surface area contributed by atoms with Crippen LogP contribution in [-0.2, 0) is 14.8 Å². The van der Waals surface area contributed by atoms with Crippen LogP contribution in [0.4, 0.5) is 5.69 Å². The highest BCUT2D eigenvalue weighted by atomic mass is 35.5. The Balaban J connectivity index is 1.74. The van der Waals surface area contributed by atoms with Crippen LogP contribution < -0.4 is 10.7 Å². The van der Waals surface area contributed by atoms with E-state index in [1.807, 2.05) is 0 Å². The molecule has 0 saturated carbocycles. The molecule has 1 amide bonds. The molecule has 1 unspecified atom stereocenters. The van der Waals surface area contributed by atoms with Gasteiger partial charge in [0.05, 0.1) is 10.3 Å². The standard InChI is InChI=1S/C20H15ClN2O6S/c1-10-7-15-12(8-13(10)21)18(24)14(9-29-15)22-20(26)17-19(25)11-5-3-4-6-16(11)30(27,28)23(17)2/h3-9,17H,1-2H3,(H,22,26). The molecule has 3 aromatic rings. The molecule has 8 nitrogen and oxygen atoms in total. The Bertz CT molecular complexity index is 1400. The van der Waals surface area contributed by atoms with E-state index >= 15 is 0 Å². The number of benzene rings is 2. The lowest BCUT2D eigenvalue weighted by Gasteiger charge is -2.30. The van der Waals surface area contributed by atoms with Crippen molar-refractivity contribution in [2.24, 2.45) is 0 Å². The van der Waals surface area contributed by atoms with Gasteiger partial charge >= 0.3 is 0 Å². The molecule has 0 bridgehead atoms. The Morgan fingerprint density at radius 2 is 1.90 bits per heavy atom. The summed E-state index contributed by atoms with van der Waals surface area (Å²) in [7, 11) is -2.92. The molecule has 0 spiro atoms. The van der Waals surface area contributed by atoms with Crippen LogP contribution in [-0.4, -0.2) is 37.5 Å². The molecule has 0 radical (unpaired) electrons. The van der Waals surface area contributed by atoms with Crippen molar-refractivity contribution in [3.63, 3.8) is 0 Å². The lowest BCUT2D eigenvalue weighted by molar-refractivity contribution is -0.118. The number of hydrogen-bond acceptors (Lipinski definition) is 6. The van der Waals surface area contributed by atoms with Gasteiger partial charge in [-0.1, -0.05) is 23.7 Å². The molecule has 0 aliphatic carbocycles. The molecular formula is C20H15ClN2O6S. The first-order valence-corrected chi connectivity index (χ1v) is 10.6. The topological polar surface area (TPSA) is 114 Å². The van der Waals surface area contributed by atoms with Crippen molar-refractivity contribution >= 4 is 50.0 Å². The molecule has 1 atom stereocenters. The molecule has 30 heavy (non-hydrogen) atoms. The average molecular weight is 447 g/mol. The quantitative estimate of drug-likeness (QED) is 0.605. The van der Waals surface area contributed by atoms with Crippen LogP contribution in [0.15, 0.2) is 56.8 Å². The highest BCUT2D eigenvalue weighted by Gasteiger charge is 2.45. The van der Waals surface area contributed by atoms with E-state index < -0.39 is 33.2 Å².